The number of carbonyl (C=O) groups excluding carboxylic acids is 1. The second-order valence-electron chi connectivity index (χ2n) is 4.23. The average Bonchev–Trinajstić information content (AvgIpc) is 2.90. The summed E-state index contributed by atoms with van der Waals surface area (Å²) in [6.07, 6.45) is 6.92. The summed E-state index contributed by atoms with van der Waals surface area (Å²) in [6, 6.07) is 2.71. The maximum absolute atomic E-state index is 11.6. The number of hydrogen-bond acceptors (Lipinski definition) is 2. The maximum atomic E-state index is 11.6. The molecule has 0 radical (unpaired) electrons. The van der Waals surface area contributed by atoms with Gasteiger partial charge in [-0.05, 0) is 25.8 Å². The average molecular weight is 234 g/mol. The van der Waals surface area contributed by atoms with Gasteiger partial charge in [0, 0.05) is 30.4 Å². The van der Waals surface area contributed by atoms with Crippen molar-refractivity contribution in [1.82, 2.24) is 9.88 Å². The molecule has 3 nitrogen and oxygen atoms in total. The van der Waals surface area contributed by atoms with Crippen LogP contribution in [0.4, 0.5) is 0 Å². The van der Waals surface area contributed by atoms with Gasteiger partial charge >= 0.3 is 0 Å². The monoisotopic (exact) mass is 234 g/mol. The number of fused-ring (bicyclic) bond motifs is 1. The molecule has 4 heteroatoms. The molecule has 0 aliphatic heterocycles. The lowest BCUT2D eigenvalue weighted by molar-refractivity contribution is 0.0960. The van der Waals surface area contributed by atoms with E-state index < -0.39 is 0 Å². The molecule has 0 aromatic carbocycles. The topological polar surface area (TPSA) is 34.0 Å². The van der Waals surface area contributed by atoms with Gasteiger partial charge in [0.1, 0.15) is 0 Å². The maximum Gasteiger partial charge on any atom is 0.261 e. The van der Waals surface area contributed by atoms with Crippen LogP contribution in [0.2, 0.25) is 0 Å². The van der Waals surface area contributed by atoms with E-state index in [0.717, 1.165) is 4.88 Å². The first kappa shape index (κ1) is 9.90. The Kier molecular flexibility index (Phi) is 2.24. The van der Waals surface area contributed by atoms with Gasteiger partial charge in [0.15, 0.2) is 0 Å². The fourth-order valence-corrected chi connectivity index (χ4v) is 2.89. The third kappa shape index (κ3) is 1.63. The Morgan fingerprint density at radius 3 is 3.00 bits per heavy atom. The standard InChI is InChI=1S/C12H14N2OS/c1-2-13-12(15)10-5-8-6-14(9-3-4-9)7-11(8)16-10/h5-7,9H,2-4H2,1H3,(H,13,15). The third-order valence-corrected chi connectivity index (χ3v) is 3.96. The van der Waals surface area contributed by atoms with Crippen LogP contribution in [-0.4, -0.2) is 17.0 Å². The van der Waals surface area contributed by atoms with Crippen LogP contribution in [0.5, 0.6) is 0 Å². The van der Waals surface area contributed by atoms with Gasteiger partial charge in [0.2, 0.25) is 0 Å². The first-order valence-electron chi connectivity index (χ1n) is 5.67. The van der Waals surface area contributed by atoms with E-state index in [4.69, 9.17) is 0 Å². The minimum absolute atomic E-state index is 0.0432. The molecule has 0 bridgehead atoms. The molecule has 84 valence electrons. The lowest BCUT2D eigenvalue weighted by Crippen LogP contribution is -2.21. The van der Waals surface area contributed by atoms with E-state index in [2.05, 4.69) is 22.3 Å². The van der Waals surface area contributed by atoms with Crippen molar-refractivity contribution in [3.05, 3.63) is 23.3 Å². The molecule has 1 aliphatic carbocycles. The smallest absolute Gasteiger partial charge is 0.261 e. The minimum atomic E-state index is 0.0432. The normalized spacial score (nSPS) is 15.6. The van der Waals surface area contributed by atoms with E-state index in [-0.39, 0.29) is 5.91 Å². The van der Waals surface area contributed by atoms with Crippen LogP contribution in [0.3, 0.4) is 0 Å². The molecule has 3 rings (SSSR count). The molecule has 1 aliphatic rings. The number of nitrogens with one attached hydrogen (secondary N) is 1. The Labute approximate surface area is 98.1 Å². The minimum Gasteiger partial charge on any atom is -0.352 e. The summed E-state index contributed by atoms with van der Waals surface area (Å²) in [4.78, 5) is 12.5. The second kappa shape index (κ2) is 3.63. The van der Waals surface area contributed by atoms with E-state index in [1.807, 2.05) is 13.0 Å². The van der Waals surface area contributed by atoms with Crippen LogP contribution >= 0.6 is 11.3 Å². The number of hydrogen-bond donors (Lipinski definition) is 1. The molecule has 1 amide bonds. The van der Waals surface area contributed by atoms with Gasteiger partial charge in [0.05, 0.1) is 9.58 Å². The summed E-state index contributed by atoms with van der Waals surface area (Å²) in [5.41, 5.74) is 0. The van der Waals surface area contributed by atoms with E-state index in [1.54, 1.807) is 11.3 Å². The number of nitrogens with zero attached hydrogens (tertiary/aromatic N) is 1. The zero-order valence-corrected chi connectivity index (χ0v) is 10.0. The van der Waals surface area contributed by atoms with Gasteiger partial charge in [-0.1, -0.05) is 0 Å². The highest BCUT2D eigenvalue weighted by Gasteiger charge is 2.23. The first-order valence-corrected chi connectivity index (χ1v) is 6.49. The zero-order valence-electron chi connectivity index (χ0n) is 9.19. The third-order valence-electron chi connectivity index (χ3n) is 2.88. The molecule has 2 heterocycles. The Balaban J connectivity index is 1.91. The molecule has 1 N–H and O–H groups in total. The number of amides is 1. The highest BCUT2D eigenvalue weighted by atomic mass is 32.1. The van der Waals surface area contributed by atoms with Crippen LogP contribution in [0.1, 0.15) is 35.5 Å². The highest BCUT2D eigenvalue weighted by Crippen LogP contribution is 2.38. The Morgan fingerprint density at radius 2 is 2.38 bits per heavy atom. The van der Waals surface area contributed by atoms with Gasteiger partial charge < -0.3 is 9.88 Å². The lowest BCUT2D eigenvalue weighted by atomic mass is 10.3. The van der Waals surface area contributed by atoms with Gasteiger partial charge in [-0.3, -0.25) is 4.79 Å². The largest absolute Gasteiger partial charge is 0.352 e. The number of thiophene rings is 1. The summed E-state index contributed by atoms with van der Waals surface area (Å²) in [7, 11) is 0. The van der Waals surface area contributed by atoms with Crippen LogP contribution in [0, 0.1) is 0 Å². The van der Waals surface area contributed by atoms with Crippen LogP contribution in [0.15, 0.2) is 18.5 Å². The lowest BCUT2D eigenvalue weighted by Gasteiger charge is -1.97. The number of carbonyl (C=O) groups is 1. The van der Waals surface area contributed by atoms with Crippen molar-refractivity contribution < 1.29 is 4.79 Å². The van der Waals surface area contributed by atoms with Crippen molar-refractivity contribution in [2.45, 2.75) is 25.8 Å². The van der Waals surface area contributed by atoms with Gasteiger partial charge in [0.25, 0.3) is 5.91 Å². The van der Waals surface area contributed by atoms with Gasteiger partial charge in [-0.2, -0.15) is 0 Å². The Bertz CT molecular complexity index is 505. The van der Waals surface area contributed by atoms with Gasteiger partial charge in [-0.15, -0.1) is 11.3 Å². The van der Waals surface area contributed by atoms with Crippen LogP contribution in [0.25, 0.3) is 10.1 Å². The number of aromatic nitrogens is 1. The molecule has 0 saturated heterocycles. The van der Waals surface area contributed by atoms with Crippen molar-refractivity contribution in [2.24, 2.45) is 0 Å². The summed E-state index contributed by atoms with van der Waals surface area (Å²) in [6.45, 7) is 2.62. The van der Waals surface area contributed by atoms with Crippen molar-refractivity contribution in [3.8, 4) is 0 Å². The van der Waals surface area contributed by atoms with Gasteiger partial charge in [-0.25, -0.2) is 0 Å². The van der Waals surface area contributed by atoms with Crippen molar-refractivity contribution in [1.29, 1.82) is 0 Å². The molecule has 0 spiro atoms. The summed E-state index contributed by atoms with van der Waals surface area (Å²) >= 11 is 1.58. The zero-order chi connectivity index (χ0) is 11.1. The van der Waals surface area contributed by atoms with Crippen LogP contribution in [-0.2, 0) is 0 Å². The molecule has 0 atom stereocenters. The SMILES string of the molecule is CCNC(=O)c1cc2cn(C3CC3)cc2s1. The van der Waals surface area contributed by atoms with Crippen LogP contribution < -0.4 is 5.32 Å². The molecule has 1 fully saturated rings. The Morgan fingerprint density at radius 1 is 1.56 bits per heavy atom. The van der Waals surface area contributed by atoms with E-state index in [9.17, 15) is 4.79 Å². The molecule has 1 saturated carbocycles. The van der Waals surface area contributed by atoms with Crippen molar-refractivity contribution in [3.63, 3.8) is 0 Å². The molecule has 16 heavy (non-hydrogen) atoms. The fraction of sp³-hybridized carbons (Fsp3) is 0.417. The predicted octanol–water partition coefficient (Wildman–Crippen LogP) is 2.79. The van der Waals surface area contributed by atoms with E-state index in [0.29, 0.717) is 12.6 Å². The Hall–Kier alpha value is -1.29. The number of rotatable bonds is 3. The molecule has 0 unspecified atom stereocenters. The molecular formula is C12H14N2OS. The summed E-state index contributed by atoms with van der Waals surface area (Å²) in [5, 5.41) is 4.02. The van der Waals surface area contributed by atoms with E-state index >= 15 is 0 Å². The first-order chi connectivity index (χ1) is 7.78. The van der Waals surface area contributed by atoms with Crippen molar-refractivity contribution >= 4 is 27.3 Å². The summed E-state index contributed by atoms with van der Waals surface area (Å²) < 4.78 is 3.50. The van der Waals surface area contributed by atoms with E-state index in [1.165, 1.54) is 22.9 Å². The van der Waals surface area contributed by atoms with Crippen molar-refractivity contribution in [2.75, 3.05) is 6.54 Å². The fourth-order valence-electron chi connectivity index (χ4n) is 1.90. The predicted molar refractivity (Wildman–Crippen MR) is 66.1 cm³/mol. The highest BCUT2D eigenvalue weighted by molar-refractivity contribution is 7.20. The molecule has 2 aromatic rings. The molecular weight excluding hydrogens is 220 g/mol. The summed E-state index contributed by atoms with van der Waals surface area (Å²) in [5.74, 6) is 0.0432. The quantitative estimate of drug-likeness (QED) is 0.870. The molecule has 2 aromatic heterocycles. The second-order valence-corrected chi connectivity index (χ2v) is 5.31.